The first-order valence-corrected chi connectivity index (χ1v) is 8.33. The van der Waals surface area contributed by atoms with Gasteiger partial charge in [0.15, 0.2) is 0 Å². The summed E-state index contributed by atoms with van der Waals surface area (Å²) < 4.78 is 5.78. The first kappa shape index (κ1) is 17.0. The lowest BCUT2D eigenvalue weighted by Crippen LogP contribution is -2.35. The van der Waals surface area contributed by atoms with E-state index in [9.17, 15) is 0 Å². The number of hydrogen-bond donors (Lipinski definition) is 1. The van der Waals surface area contributed by atoms with Gasteiger partial charge in [-0.15, -0.1) is 0 Å². The van der Waals surface area contributed by atoms with Crippen molar-refractivity contribution in [1.29, 1.82) is 0 Å². The molecule has 0 amide bonds. The number of benzene rings is 1. The van der Waals surface area contributed by atoms with Crippen molar-refractivity contribution in [1.82, 2.24) is 5.32 Å². The van der Waals surface area contributed by atoms with Crippen molar-refractivity contribution in [2.75, 3.05) is 18.6 Å². The Hall–Kier alpha value is -0.0900. The third-order valence-electron chi connectivity index (χ3n) is 2.43. The summed E-state index contributed by atoms with van der Waals surface area (Å²) in [6.07, 6.45) is 2.05. The van der Waals surface area contributed by atoms with E-state index in [1.54, 1.807) is 17.8 Å². The quantitative estimate of drug-likeness (QED) is 0.772. The second-order valence-corrected chi connectivity index (χ2v) is 7.15. The Morgan fingerprint density at radius 1 is 1.26 bits per heavy atom. The largest absolute Gasteiger partial charge is 0.491 e. The van der Waals surface area contributed by atoms with Gasteiger partial charge in [0.2, 0.25) is 0 Å². The van der Waals surface area contributed by atoms with Crippen LogP contribution in [0.3, 0.4) is 0 Å². The summed E-state index contributed by atoms with van der Waals surface area (Å²) in [5.74, 6) is 1.67. The van der Waals surface area contributed by atoms with Crippen molar-refractivity contribution in [3.05, 3.63) is 27.7 Å². The van der Waals surface area contributed by atoms with Crippen molar-refractivity contribution in [3.8, 4) is 5.75 Å². The predicted molar refractivity (Wildman–Crippen MR) is 86.9 cm³/mol. The monoisotopic (exact) mass is 321 g/mol. The normalized spacial score (nSPS) is 11.7. The van der Waals surface area contributed by atoms with E-state index in [0.717, 1.165) is 17.1 Å². The van der Waals surface area contributed by atoms with Crippen molar-refractivity contribution in [2.45, 2.75) is 32.9 Å². The van der Waals surface area contributed by atoms with Crippen LogP contribution in [0.2, 0.25) is 10.0 Å². The van der Waals surface area contributed by atoms with E-state index >= 15 is 0 Å². The van der Waals surface area contributed by atoms with Crippen LogP contribution in [0.1, 0.15) is 26.3 Å². The molecular weight excluding hydrogens is 301 g/mol. The average molecular weight is 322 g/mol. The van der Waals surface area contributed by atoms with Gasteiger partial charge >= 0.3 is 0 Å². The Labute approximate surface area is 130 Å². The maximum absolute atomic E-state index is 6.22. The fraction of sp³-hybridized carbons (Fsp3) is 0.571. The minimum absolute atomic E-state index is 0.0331. The van der Waals surface area contributed by atoms with Gasteiger partial charge in [0.05, 0.1) is 11.6 Å². The molecule has 108 valence electrons. The van der Waals surface area contributed by atoms with E-state index in [-0.39, 0.29) is 5.54 Å². The molecule has 0 heterocycles. The van der Waals surface area contributed by atoms with Gasteiger partial charge in [-0.1, -0.05) is 23.2 Å². The molecule has 0 saturated carbocycles. The summed E-state index contributed by atoms with van der Waals surface area (Å²) in [6, 6.07) is 3.62. The second-order valence-electron chi connectivity index (χ2n) is 5.32. The van der Waals surface area contributed by atoms with Gasteiger partial charge in [0, 0.05) is 28.4 Å². The van der Waals surface area contributed by atoms with E-state index < -0.39 is 0 Å². The molecule has 1 aromatic rings. The summed E-state index contributed by atoms with van der Waals surface area (Å²) in [5, 5.41) is 4.62. The van der Waals surface area contributed by atoms with Crippen molar-refractivity contribution < 1.29 is 4.74 Å². The molecule has 0 unspecified atom stereocenters. The highest BCUT2D eigenvalue weighted by atomic mass is 35.5. The van der Waals surface area contributed by atoms with E-state index in [4.69, 9.17) is 27.9 Å². The molecule has 0 aromatic heterocycles. The maximum Gasteiger partial charge on any atom is 0.142 e. The van der Waals surface area contributed by atoms with Crippen molar-refractivity contribution in [2.24, 2.45) is 0 Å². The highest BCUT2D eigenvalue weighted by molar-refractivity contribution is 7.98. The van der Waals surface area contributed by atoms with Crippen LogP contribution < -0.4 is 10.1 Å². The van der Waals surface area contributed by atoms with Gasteiger partial charge in [-0.25, -0.2) is 0 Å². The molecule has 0 atom stereocenters. The summed E-state index contributed by atoms with van der Waals surface area (Å²) in [5.41, 5.74) is 1.03. The Balaban J connectivity index is 2.86. The van der Waals surface area contributed by atoms with Crippen LogP contribution in [-0.4, -0.2) is 24.2 Å². The number of hydrogen-bond acceptors (Lipinski definition) is 3. The number of nitrogens with one attached hydrogen (secondary N) is 1. The number of halogens is 2. The SMILES string of the molecule is CSCCOc1c(Cl)cc(Cl)cc1CNC(C)(C)C. The molecule has 1 N–H and O–H groups in total. The van der Waals surface area contributed by atoms with Crippen LogP contribution >= 0.6 is 35.0 Å². The summed E-state index contributed by atoms with van der Waals surface area (Å²) in [7, 11) is 0. The van der Waals surface area contributed by atoms with Crippen molar-refractivity contribution >= 4 is 35.0 Å². The van der Waals surface area contributed by atoms with Crippen LogP contribution in [0.15, 0.2) is 12.1 Å². The Morgan fingerprint density at radius 3 is 2.53 bits per heavy atom. The summed E-state index contributed by atoms with van der Waals surface area (Å²) in [4.78, 5) is 0. The molecule has 2 nitrogen and oxygen atoms in total. The minimum Gasteiger partial charge on any atom is -0.491 e. The smallest absolute Gasteiger partial charge is 0.142 e. The second kappa shape index (κ2) is 7.63. The summed E-state index contributed by atoms with van der Waals surface area (Å²) in [6.45, 7) is 7.68. The third kappa shape index (κ3) is 6.26. The predicted octanol–water partition coefficient (Wildman–Crippen LogP) is 4.62. The van der Waals surface area contributed by atoms with Gasteiger partial charge in [-0.3, -0.25) is 0 Å². The first-order valence-electron chi connectivity index (χ1n) is 6.18. The maximum atomic E-state index is 6.22. The number of thioether (sulfide) groups is 1. The van der Waals surface area contributed by atoms with Crippen LogP contribution in [0, 0.1) is 0 Å². The number of rotatable bonds is 6. The molecule has 0 aliphatic carbocycles. The van der Waals surface area contributed by atoms with Gasteiger partial charge in [-0.2, -0.15) is 11.8 Å². The first-order chi connectivity index (χ1) is 8.83. The molecule has 0 fully saturated rings. The van der Waals surface area contributed by atoms with Gasteiger partial charge in [0.25, 0.3) is 0 Å². The van der Waals surface area contributed by atoms with Crippen LogP contribution in [0.25, 0.3) is 0 Å². The molecule has 0 saturated heterocycles. The fourth-order valence-corrected chi connectivity index (χ4v) is 2.33. The van der Waals surface area contributed by atoms with E-state index in [1.165, 1.54) is 0 Å². The lowest BCUT2D eigenvalue weighted by Gasteiger charge is -2.22. The zero-order valence-corrected chi connectivity index (χ0v) is 14.2. The topological polar surface area (TPSA) is 21.3 Å². The molecule has 5 heteroatoms. The van der Waals surface area contributed by atoms with E-state index in [2.05, 4.69) is 32.3 Å². The minimum atomic E-state index is 0.0331. The zero-order chi connectivity index (χ0) is 14.5. The molecule has 0 bridgehead atoms. The van der Waals surface area contributed by atoms with Crippen molar-refractivity contribution in [3.63, 3.8) is 0 Å². The third-order valence-corrected chi connectivity index (χ3v) is 3.50. The van der Waals surface area contributed by atoms with Crippen LogP contribution in [-0.2, 0) is 6.54 Å². The Bertz CT molecular complexity index is 419. The molecule has 1 aromatic carbocycles. The molecular formula is C14H21Cl2NOS. The Morgan fingerprint density at radius 2 is 1.95 bits per heavy atom. The standard InChI is InChI=1S/C14H21Cl2NOS/c1-14(2,3)17-9-10-7-11(15)8-12(16)13(10)18-5-6-19-4/h7-8,17H,5-6,9H2,1-4H3. The molecule has 0 radical (unpaired) electrons. The van der Waals surface area contributed by atoms with Crippen LogP contribution in [0.4, 0.5) is 0 Å². The van der Waals surface area contributed by atoms with Gasteiger partial charge in [0.1, 0.15) is 5.75 Å². The summed E-state index contributed by atoms with van der Waals surface area (Å²) >= 11 is 14.0. The molecule has 0 aliphatic heterocycles. The van der Waals surface area contributed by atoms with Crippen LogP contribution in [0.5, 0.6) is 5.75 Å². The highest BCUT2D eigenvalue weighted by Gasteiger charge is 2.14. The molecule has 0 spiro atoms. The average Bonchev–Trinajstić information content (AvgIpc) is 2.28. The van der Waals surface area contributed by atoms with E-state index in [1.807, 2.05) is 6.07 Å². The molecule has 1 rings (SSSR count). The van der Waals surface area contributed by atoms with E-state index in [0.29, 0.717) is 23.2 Å². The lowest BCUT2D eigenvalue weighted by molar-refractivity contribution is 0.336. The molecule has 19 heavy (non-hydrogen) atoms. The highest BCUT2D eigenvalue weighted by Crippen LogP contribution is 2.32. The lowest BCUT2D eigenvalue weighted by atomic mass is 10.1. The Kier molecular flexibility index (Phi) is 6.81. The van der Waals surface area contributed by atoms with Gasteiger partial charge in [-0.05, 0) is 39.2 Å². The fourth-order valence-electron chi connectivity index (χ4n) is 1.49. The number of ether oxygens (including phenoxy) is 1. The van der Waals surface area contributed by atoms with Gasteiger partial charge < -0.3 is 10.1 Å². The zero-order valence-electron chi connectivity index (χ0n) is 11.8. The molecule has 0 aliphatic rings.